The number of nitrogens with one attached hydrogen (secondary N) is 1. The molecule has 11 heteroatoms. The number of hydrogen-bond donors (Lipinski definition) is 1. The third-order valence-corrected chi connectivity index (χ3v) is 5.15. The first-order valence-corrected chi connectivity index (χ1v) is 9.36. The molecular formula is C17H15Cl3F3N3O2. The molecule has 1 saturated carbocycles. The van der Waals surface area contributed by atoms with E-state index in [2.05, 4.69) is 10.3 Å². The van der Waals surface area contributed by atoms with Crippen LogP contribution in [0.4, 0.5) is 24.7 Å². The summed E-state index contributed by atoms with van der Waals surface area (Å²) in [6.07, 6.45) is -1.28. The smallest absolute Gasteiger partial charge is 0.383 e. The summed E-state index contributed by atoms with van der Waals surface area (Å²) in [5.74, 6) is 0.0834. The van der Waals surface area contributed by atoms with Gasteiger partial charge in [0, 0.05) is 13.3 Å². The number of benzene rings is 1. The molecule has 1 atom stereocenters. The van der Waals surface area contributed by atoms with E-state index in [1.165, 1.54) is 17.9 Å². The van der Waals surface area contributed by atoms with Gasteiger partial charge in [-0.15, -0.1) is 0 Å². The van der Waals surface area contributed by atoms with Gasteiger partial charge in [0.25, 0.3) is 5.56 Å². The monoisotopic (exact) mass is 455 g/mol. The van der Waals surface area contributed by atoms with Gasteiger partial charge in [0.2, 0.25) is 0 Å². The molecule has 1 aliphatic carbocycles. The van der Waals surface area contributed by atoms with Crippen molar-refractivity contribution >= 4 is 46.3 Å². The average molecular weight is 457 g/mol. The summed E-state index contributed by atoms with van der Waals surface area (Å²) in [7, 11) is 1.53. The molecule has 1 heterocycles. The fourth-order valence-electron chi connectivity index (χ4n) is 2.88. The second-order valence-corrected chi connectivity index (χ2v) is 7.62. The fourth-order valence-corrected chi connectivity index (χ4v) is 3.65. The van der Waals surface area contributed by atoms with E-state index in [-0.39, 0.29) is 38.7 Å². The maximum atomic E-state index is 12.9. The quantitative estimate of drug-likeness (QED) is 0.618. The molecule has 0 unspecified atom stereocenters. The number of anilines is 2. The lowest BCUT2D eigenvalue weighted by Crippen LogP contribution is -2.30. The average Bonchev–Trinajstić information content (AvgIpc) is 3.42. The number of nitrogens with zero attached hydrogens (tertiary/aromatic N) is 2. The van der Waals surface area contributed by atoms with Crippen LogP contribution < -0.4 is 10.9 Å². The van der Waals surface area contributed by atoms with Crippen molar-refractivity contribution in [3.05, 3.63) is 49.4 Å². The van der Waals surface area contributed by atoms with Crippen molar-refractivity contribution in [2.75, 3.05) is 19.0 Å². The molecule has 0 spiro atoms. The Labute approximate surface area is 173 Å². The summed E-state index contributed by atoms with van der Waals surface area (Å²) in [5.41, 5.74) is -1.58. The van der Waals surface area contributed by atoms with Crippen LogP contribution >= 0.6 is 34.8 Å². The standard InChI is InChI=1S/C17H15Cl3F3N3O2/c1-28-7-12(8-2-3-8)26-6-13(20)24-15(16(26)27)25-14-10(18)4-9(5-11(14)19)17(21,22)23/h4-6,8,12H,2-3,7H2,1H3,(H,24,25)/t12-/m0/s1. The second kappa shape index (κ2) is 8.10. The van der Waals surface area contributed by atoms with Crippen LogP contribution in [0, 0.1) is 5.92 Å². The third kappa shape index (κ3) is 4.56. The minimum absolute atomic E-state index is 0.0306. The Bertz CT molecular complexity index is 922. The van der Waals surface area contributed by atoms with Gasteiger partial charge in [-0.3, -0.25) is 4.79 Å². The van der Waals surface area contributed by atoms with Gasteiger partial charge in [0.1, 0.15) is 5.15 Å². The summed E-state index contributed by atoms with van der Waals surface area (Å²) in [5, 5.41) is 2.05. The number of rotatable bonds is 6. The highest BCUT2D eigenvalue weighted by Gasteiger charge is 2.34. The Morgan fingerprint density at radius 1 is 1.29 bits per heavy atom. The topological polar surface area (TPSA) is 56.1 Å². The minimum Gasteiger partial charge on any atom is -0.383 e. The Hall–Kier alpha value is -1.48. The molecule has 1 aliphatic rings. The first kappa shape index (κ1) is 21.2. The lowest BCUT2D eigenvalue weighted by molar-refractivity contribution is -0.137. The van der Waals surface area contributed by atoms with Gasteiger partial charge >= 0.3 is 6.18 Å². The summed E-state index contributed by atoms with van der Waals surface area (Å²) < 4.78 is 45.3. The van der Waals surface area contributed by atoms with E-state index in [1.807, 2.05) is 0 Å². The van der Waals surface area contributed by atoms with E-state index in [4.69, 9.17) is 39.5 Å². The molecule has 0 bridgehead atoms. The van der Waals surface area contributed by atoms with Crippen molar-refractivity contribution in [2.24, 2.45) is 5.92 Å². The molecule has 152 valence electrons. The van der Waals surface area contributed by atoms with Gasteiger partial charge in [-0.2, -0.15) is 13.2 Å². The van der Waals surface area contributed by atoms with E-state index in [9.17, 15) is 18.0 Å². The molecule has 1 N–H and O–H groups in total. The van der Waals surface area contributed by atoms with Crippen molar-refractivity contribution in [3.63, 3.8) is 0 Å². The summed E-state index contributed by atoms with van der Waals surface area (Å²) in [4.78, 5) is 16.8. The van der Waals surface area contributed by atoms with Crippen LogP contribution in [-0.4, -0.2) is 23.3 Å². The number of halogens is 6. The van der Waals surface area contributed by atoms with Gasteiger partial charge in [-0.1, -0.05) is 34.8 Å². The number of alkyl halides is 3. The number of hydrogen-bond acceptors (Lipinski definition) is 4. The number of ether oxygens (including phenoxy) is 1. The van der Waals surface area contributed by atoms with Gasteiger partial charge < -0.3 is 14.6 Å². The van der Waals surface area contributed by atoms with E-state index in [0.29, 0.717) is 6.61 Å². The van der Waals surface area contributed by atoms with Crippen LogP contribution in [0.25, 0.3) is 0 Å². The molecule has 0 amide bonds. The Morgan fingerprint density at radius 3 is 2.39 bits per heavy atom. The van der Waals surface area contributed by atoms with E-state index >= 15 is 0 Å². The Balaban J connectivity index is 2.01. The predicted octanol–water partition coefficient (Wildman–Crippen LogP) is 5.56. The van der Waals surface area contributed by atoms with Crippen LogP contribution in [0.15, 0.2) is 23.1 Å². The normalized spacial score (nSPS) is 15.5. The minimum atomic E-state index is -4.61. The second-order valence-electron chi connectivity index (χ2n) is 6.42. The summed E-state index contributed by atoms with van der Waals surface area (Å²) >= 11 is 18.0. The summed E-state index contributed by atoms with van der Waals surface area (Å²) in [6.45, 7) is 0.312. The molecule has 5 nitrogen and oxygen atoms in total. The van der Waals surface area contributed by atoms with Crippen molar-refractivity contribution in [3.8, 4) is 0 Å². The number of aromatic nitrogens is 2. The molecule has 2 aromatic rings. The molecule has 1 fully saturated rings. The van der Waals surface area contributed by atoms with Crippen molar-refractivity contribution in [2.45, 2.75) is 25.1 Å². The molecule has 28 heavy (non-hydrogen) atoms. The zero-order chi connectivity index (χ0) is 20.6. The van der Waals surface area contributed by atoms with Crippen LogP contribution in [0.2, 0.25) is 15.2 Å². The fraction of sp³-hybridized carbons (Fsp3) is 0.412. The maximum Gasteiger partial charge on any atom is 0.416 e. The zero-order valence-corrected chi connectivity index (χ0v) is 16.8. The Kier molecular flexibility index (Phi) is 6.14. The van der Waals surface area contributed by atoms with Gasteiger partial charge in [-0.25, -0.2) is 4.98 Å². The van der Waals surface area contributed by atoms with Gasteiger partial charge in [0.05, 0.1) is 33.9 Å². The van der Waals surface area contributed by atoms with E-state index in [0.717, 1.165) is 25.0 Å². The molecule has 0 saturated heterocycles. The third-order valence-electron chi connectivity index (χ3n) is 4.38. The zero-order valence-electron chi connectivity index (χ0n) is 14.5. The van der Waals surface area contributed by atoms with Gasteiger partial charge in [0.15, 0.2) is 5.82 Å². The molecule has 0 radical (unpaired) electrons. The van der Waals surface area contributed by atoms with Crippen LogP contribution in [0.3, 0.4) is 0 Å². The first-order chi connectivity index (χ1) is 13.1. The SMILES string of the molecule is COC[C@@H](C1CC1)n1cc(Cl)nc(Nc2c(Cl)cc(C(F)(F)F)cc2Cl)c1=O. The Morgan fingerprint density at radius 2 is 1.89 bits per heavy atom. The summed E-state index contributed by atoms with van der Waals surface area (Å²) in [6, 6.07) is 1.21. The highest BCUT2D eigenvalue weighted by atomic mass is 35.5. The molecular weight excluding hydrogens is 442 g/mol. The lowest BCUT2D eigenvalue weighted by Gasteiger charge is -2.20. The van der Waals surface area contributed by atoms with Crippen molar-refractivity contribution in [1.29, 1.82) is 0 Å². The molecule has 1 aromatic carbocycles. The molecule has 3 rings (SSSR count). The predicted molar refractivity (Wildman–Crippen MR) is 102 cm³/mol. The van der Waals surface area contributed by atoms with Crippen molar-refractivity contribution in [1.82, 2.24) is 9.55 Å². The molecule has 1 aromatic heterocycles. The van der Waals surface area contributed by atoms with E-state index in [1.54, 1.807) is 0 Å². The maximum absolute atomic E-state index is 12.9. The van der Waals surface area contributed by atoms with Gasteiger partial charge in [-0.05, 0) is 30.9 Å². The van der Waals surface area contributed by atoms with Crippen LogP contribution in [0.5, 0.6) is 0 Å². The van der Waals surface area contributed by atoms with E-state index < -0.39 is 17.3 Å². The highest BCUT2D eigenvalue weighted by Crippen LogP contribution is 2.41. The van der Waals surface area contributed by atoms with Crippen molar-refractivity contribution < 1.29 is 17.9 Å². The van der Waals surface area contributed by atoms with Crippen LogP contribution in [0.1, 0.15) is 24.4 Å². The number of methoxy groups -OCH3 is 1. The highest BCUT2D eigenvalue weighted by molar-refractivity contribution is 6.39. The lowest BCUT2D eigenvalue weighted by atomic mass is 10.2. The largest absolute Gasteiger partial charge is 0.416 e. The molecule has 0 aliphatic heterocycles. The first-order valence-electron chi connectivity index (χ1n) is 8.22. The van der Waals surface area contributed by atoms with Crippen LogP contribution in [-0.2, 0) is 10.9 Å².